The summed E-state index contributed by atoms with van der Waals surface area (Å²) in [4.78, 5) is 16.4. The van der Waals surface area contributed by atoms with Crippen LogP contribution in [0, 0.1) is 13.8 Å². The molecule has 128 valence electrons. The molecule has 0 spiro atoms. The van der Waals surface area contributed by atoms with E-state index < -0.39 is 0 Å². The van der Waals surface area contributed by atoms with Gasteiger partial charge in [-0.1, -0.05) is 52.0 Å². The molecule has 1 aromatic heterocycles. The molecule has 0 fully saturated rings. The Morgan fingerprint density at radius 1 is 1.24 bits per heavy atom. The third-order valence-corrected chi connectivity index (χ3v) is 4.92. The number of amides is 1. The third-order valence-electron chi connectivity index (χ3n) is 3.59. The number of nitrogens with zero attached hydrogens (tertiary/aromatic N) is 1. The fraction of sp³-hybridized carbons (Fsp3) is 0.158. The van der Waals surface area contributed by atoms with Gasteiger partial charge in [0, 0.05) is 15.7 Å². The van der Waals surface area contributed by atoms with Gasteiger partial charge >= 0.3 is 0 Å². The van der Waals surface area contributed by atoms with E-state index in [1.54, 1.807) is 6.20 Å². The molecule has 0 aliphatic rings. The zero-order chi connectivity index (χ0) is 17.8. The van der Waals surface area contributed by atoms with Crippen molar-refractivity contribution in [2.75, 3.05) is 11.1 Å². The van der Waals surface area contributed by atoms with E-state index >= 15 is 0 Å². The molecule has 2 aromatic carbocycles. The number of hydrogen-bond donors (Lipinski definition) is 1. The minimum absolute atomic E-state index is 0.0825. The van der Waals surface area contributed by atoms with Crippen molar-refractivity contribution in [3.8, 4) is 11.3 Å². The molecule has 0 aliphatic heterocycles. The summed E-state index contributed by atoms with van der Waals surface area (Å²) >= 11 is 4.71. The van der Waals surface area contributed by atoms with Crippen molar-refractivity contribution in [1.82, 2.24) is 4.98 Å². The van der Waals surface area contributed by atoms with E-state index in [1.807, 2.05) is 56.3 Å². The average Bonchev–Trinajstić information content (AvgIpc) is 3.05. The lowest BCUT2D eigenvalue weighted by molar-refractivity contribution is -0.113. The van der Waals surface area contributed by atoms with Gasteiger partial charge in [-0.05, 0) is 43.2 Å². The Bertz CT molecular complexity index is 908. The number of aromatic nitrogens is 1. The number of carbonyl (C=O) groups is 1. The van der Waals surface area contributed by atoms with Crippen LogP contribution in [0.15, 0.2) is 62.8 Å². The highest BCUT2D eigenvalue weighted by Gasteiger charge is 2.11. The summed E-state index contributed by atoms with van der Waals surface area (Å²) < 4.78 is 6.69. The monoisotopic (exact) mass is 416 g/mol. The molecule has 1 heterocycles. The van der Waals surface area contributed by atoms with Gasteiger partial charge in [-0.15, -0.1) is 0 Å². The van der Waals surface area contributed by atoms with Crippen LogP contribution >= 0.6 is 27.7 Å². The van der Waals surface area contributed by atoms with Gasteiger partial charge < -0.3 is 9.73 Å². The number of benzene rings is 2. The Morgan fingerprint density at radius 2 is 2.08 bits per heavy atom. The average molecular weight is 417 g/mol. The van der Waals surface area contributed by atoms with Crippen LogP contribution in [0.4, 0.5) is 5.69 Å². The molecule has 0 bridgehead atoms. The van der Waals surface area contributed by atoms with Crippen LogP contribution in [0.25, 0.3) is 11.3 Å². The molecule has 0 atom stereocenters. The summed E-state index contributed by atoms with van der Waals surface area (Å²) in [5.41, 5.74) is 3.93. The van der Waals surface area contributed by atoms with E-state index in [9.17, 15) is 4.79 Å². The first-order chi connectivity index (χ1) is 12.0. The number of nitrogens with one attached hydrogen (secondary N) is 1. The maximum absolute atomic E-state index is 12.2. The quantitative estimate of drug-likeness (QED) is 0.561. The first kappa shape index (κ1) is 17.8. The smallest absolute Gasteiger partial charge is 0.256 e. The van der Waals surface area contributed by atoms with Gasteiger partial charge in [-0.3, -0.25) is 4.79 Å². The second kappa shape index (κ2) is 7.89. The molecule has 4 nitrogen and oxygen atoms in total. The van der Waals surface area contributed by atoms with Crippen LogP contribution in [0.1, 0.15) is 11.1 Å². The normalized spacial score (nSPS) is 10.7. The van der Waals surface area contributed by atoms with Crippen molar-refractivity contribution < 1.29 is 9.21 Å². The molecule has 0 saturated carbocycles. The van der Waals surface area contributed by atoms with Crippen molar-refractivity contribution in [2.24, 2.45) is 0 Å². The van der Waals surface area contributed by atoms with Crippen LogP contribution in [-0.4, -0.2) is 16.6 Å². The number of carbonyl (C=O) groups excluding carboxylic acids is 1. The number of aryl methyl sites for hydroxylation is 2. The summed E-state index contributed by atoms with van der Waals surface area (Å²) in [6, 6.07) is 13.8. The minimum Gasteiger partial charge on any atom is -0.431 e. The lowest BCUT2D eigenvalue weighted by Gasteiger charge is -2.08. The number of rotatable bonds is 5. The second-order valence-corrected chi connectivity index (χ2v) is 7.50. The molecule has 25 heavy (non-hydrogen) atoms. The molecule has 3 aromatic rings. The molecule has 0 unspecified atom stereocenters. The van der Waals surface area contributed by atoms with Crippen molar-refractivity contribution in [3.63, 3.8) is 0 Å². The van der Waals surface area contributed by atoms with E-state index in [0.29, 0.717) is 11.0 Å². The van der Waals surface area contributed by atoms with Crippen molar-refractivity contribution in [3.05, 3.63) is 64.3 Å². The van der Waals surface area contributed by atoms with Gasteiger partial charge in [0.1, 0.15) is 0 Å². The van der Waals surface area contributed by atoms with E-state index in [0.717, 1.165) is 26.9 Å². The van der Waals surface area contributed by atoms with Crippen LogP contribution < -0.4 is 5.32 Å². The van der Waals surface area contributed by atoms with Crippen molar-refractivity contribution in [1.29, 1.82) is 0 Å². The SMILES string of the molecule is Cc1ccc(C)c(NC(=O)CSc2ncc(-c3cccc(Br)c3)o2)c1. The zero-order valence-electron chi connectivity index (χ0n) is 13.9. The second-order valence-electron chi connectivity index (χ2n) is 5.66. The first-order valence-corrected chi connectivity index (χ1v) is 9.51. The number of anilines is 1. The Kier molecular flexibility index (Phi) is 5.60. The molecular formula is C19H17BrN2O2S. The molecule has 0 saturated heterocycles. The van der Waals surface area contributed by atoms with Crippen LogP contribution in [-0.2, 0) is 4.79 Å². The highest BCUT2D eigenvalue weighted by atomic mass is 79.9. The Labute approximate surface area is 159 Å². The van der Waals surface area contributed by atoms with E-state index in [4.69, 9.17) is 4.42 Å². The summed E-state index contributed by atoms with van der Waals surface area (Å²) in [5, 5.41) is 3.41. The summed E-state index contributed by atoms with van der Waals surface area (Å²) in [5.74, 6) is 0.839. The van der Waals surface area contributed by atoms with Crippen molar-refractivity contribution >= 4 is 39.3 Å². The van der Waals surface area contributed by atoms with Crippen LogP contribution in [0.5, 0.6) is 0 Å². The lowest BCUT2D eigenvalue weighted by atomic mass is 10.1. The fourth-order valence-corrected chi connectivity index (χ4v) is 3.29. The number of thioether (sulfide) groups is 1. The molecule has 0 radical (unpaired) electrons. The molecule has 6 heteroatoms. The van der Waals surface area contributed by atoms with Gasteiger partial charge in [0.2, 0.25) is 5.91 Å². The van der Waals surface area contributed by atoms with Crippen LogP contribution in [0.3, 0.4) is 0 Å². The molecular weight excluding hydrogens is 400 g/mol. The topological polar surface area (TPSA) is 55.1 Å². The summed E-state index contributed by atoms with van der Waals surface area (Å²) in [6.07, 6.45) is 1.67. The molecule has 0 aliphatic carbocycles. The Balaban J connectivity index is 1.60. The maximum atomic E-state index is 12.2. The van der Waals surface area contributed by atoms with E-state index in [1.165, 1.54) is 11.8 Å². The third kappa shape index (κ3) is 4.74. The molecule has 1 N–H and O–H groups in total. The Hall–Kier alpha value is -2.05. The van der Waals surface area contributed by atoms with Gasteiger partial charge in [0.25, 0.3) is 5.22 Å². The largest absolute Gasteiger partial charge is 0.431 e. The highest BCUT2D eigenvalue weighted by Crippen LogP contribution is 2.27. The molecule has 1 amide bonds. The number of halogens is 1. The van der Waals surface area contributed by atoms with Crippen LogP contribution in [0.2, 0.25) is 0 Å². The van der Waals surface area contributed by atoms with Gasteiger partial charge in [-0.2, -0.15) is 0 Å². The first-order valence-electron chi connectivity index (χ1n) is 7.73. The standard InChI is InChI=1S/C19H17BrN2O2S/c1-12-6-7-13(2)16(8-12)22-18(23)11-25-19-21-10-17(24-19)14-4-3-5-15(20)9-14/h3-10H,11H2,1-2H3,(H,22,23). The summed E-state index contributed by atoms with van der Waals surface area (Å²) in [7, 11) is 0. The Morgan fingerprint density at radius 3 is 2.88 bits per heavy atom. The zero-order valence-corrected chi connectivity index (χ0v) is 16.3. The van der Waals surface area contributed by atoms with Gasteiger partial charge in [-0.25, -0.2) is 4.98 Å². The predicted octanol–water partition coefficient (Wildman–Crippen LogP) is 5.45. The lowest BCUT2D eigenvalue weighted by Crippen LogP contribution is -2.14. The molecule has 3 rings (SSSR count). The number of oxazole rings is 1. The predicted molar refractivity (Wildman–Crippen MR) is 105 cm³/mol. The van der Waals surface area contributed by atoms with Gasteiger partial charge in [0.15, 0.2) is 5.76 Å². The summed E-state index contributed by atoms with van der Waals surface area (Å²) in [6.45, 7) is 3.97. The van der Waals surface area contributed by atoms with Crippen molar-refractivity contribution in [2.45, 2.75) is 19.1 Å². The fourth-order valence-electron chi connectivity index (χ4n) is 2.28. The van der Waals surface area contributed by atoms with E-state index in [2.05, 4.69) is 26.2 Å². The van der Waals surface area contributed by atoms with Gasteiger partial charge in [0.05, 0.1) is 11.9 Å². The van der Waals surface area contributed by atoms with E-state index in [-0.39, 0.29) is 11.7 Å². The minimum atomic E-state index is -0.0825. The maximum Gasteiger partial charge on any atom is 0.256 e. The number of hydrogen-bond acceptors (Lipinski definition) is 4. The highest BCUT2D eigenvalue weighted by molar-refractivity contribution is 9.10.